The molecule has 0 spiro atoms. The number of halogens is 3. The Morgan fingerprint density at radius 2 is 1.50 bits per heavy atom. The molecule has 98 valence electrons. The van der Waals surface area contributed by atoms with Crippen LogP contribution in [0.1, 0.15) is 16.7 Å². The molecule has 20 heavy (non-hydrogen) atoms. The number of rotatable bonds is 1. The van der Waals surface area contributed by atoms with Crippen molar-refractivity contribution in [3.63, 3.8) is 0 Å². The molecule has 0 aliphatic carbocycles. The lowest BCUT2D eigenvalue weighted by Gasteiger charge is -2.12. The van der Waals surface area contributed by atoms with Gasteiger partial charge in [-0.25, -0.2) is 0 Å². The van der Waals surface area contributed by atoms with Crippen LogP contribution in [0.25, 0.3) is 11.1 Å². The summed E-state index contributed by atoms with van der Waals surface area (Å²) in [6.07, 6.45) is -4.68. The number of hydrogen-bond donors (Lipinski definition) is 0. The minimum atomic E-state index is -4.68. The molecule has 0 heterocycles. The number of nitrogens with zero attached hydrogens (tertiary/aromatic N) is 2. The third kappa shape index (κ3) is 2.48. The van der Waals surface area contributed by atoms with Crippen molar-refractivity contribution >= 4 is 0 Å². The Bertz CT molecular complexity index is 720. The lowest BCUT2D eigenvalue weighted by molar-refractivity contribution is -0.137. The van der Waals surface area contributed by atoms with Gasteiger partial charge in [0.2, 0.25) is 0 Å². The molecule has 0 unspecified atom stereocenters. The van der Waals surface area contributed by atoms with Gasteiger partial charge in [0.05, 0.1) is 16.7 Å². The molecule has 0 saturated heterocycles. The van der Waals surface area contributed by atoms with Crippen LogP contribution in [0, 0.1) is 22.7 Å². The maximum Gasteiger partial charge on any atom is 0.417 e. The predicted molar refractivity (Wildman–Crippen MR) is 66.3 cm³/mol. The van der Waals surface area contributed by atoms with Gasteiger partial charge in [-0.05, 0) is 23.3 Å². The highest BCUT2D eigenvalue weighted by atomic mass is 19.4. The van der Waals surface area contributed by atoms with Gasteiger partial charge >= 0.3 is 6.18 Å². The molecule has 5 heteroatoms. The van der Waals surface area contributed by atoms with Gasteiger partial charge in [-0.3, -0.25) is 0 Å². The summed E-state index contributed by atoms with van der Waals surface area (Å²) >= 11 is 0. The Morgan fingerprint density at radius 3 is 2.00 bits per heavy atom. The average molecular weight is 272 g/mol. The summed E-state index contributed by atoms with van der Waals surface area (Å²) in [5, 5.41) is 17.8. The van der Waals surface area contributed by atoms with E-state index < -0.39 is 17.3 Å². The molecule has 2 aromatic rings. The summed E-state index contributed by atoms with van der Waals surface area (Å²) < 4.78 is 39.0. The molecule has 0 bridgehead atoms. The first kappa shape index (κ1) is 13.6. The van der Waals surface area contributed by atoms with Crippen LogP contribution in [0.2, 0.25) is 0 Å². The Hall–Kier alpha value is -2.79. The first-order valence-corrected chi connectivity index (χ1v) is 5.58. The Kier molecular flexibility index (Phi) is 3.45. The maximum atomic E-state index is 13.0. The Balaban J connectivity index is 2.76. The third-order valence-electron chi connectivity index (χ3n) is 2.78. The van der Waals surface area contributed by atoms with Crippen molar-refractivity contribution in [3.05, 3.63) is 59.2 Å². The lowest BCUT2D eigenvalue weighted by atomic mass is 9.95. The van der Waals surface area contributed by atoms with Crippen molar-refractivity contribution < 1.29 is 13.2 Å². The summed E-state index contributed by atoms with van der Waals surface area (Å²) in [6, 6.07) is 13.7. The second kappa shape index (κ2) is 5.07. The Morgan fingerprint density at radius 1 is 0.850 bits per heavy atom. The highest BCUT2D eigenvalue weighted by Crippen LogP contribution is 2.36. The third-order valence-corrected chi connectivity index (χ3v) is 2.78. The van der Waals surface area contributed by atoms with Gasteiger partial charge in [0.25, 0.3) is 0 Å². The molecule has 0 radical (unpaired) electrons. The zero-order valence-corrected chi connectivity index (χ0v) is 10.1. The molecular formula is C15H7F3N2. The van der Waals surface area contributed by atoms with E-state index in [9.17, 15) is 13.2 Å². The predicted octanol–water partition coefficient (Wildman–Crippen LogP) is 4.12. The molecule has 0 N–H and O–H groups in total. The summed E-state index contributed by atoms with van der Waals surface area (Å²) in [7, 11) is 0. The van der Waals surface area contributed by atoms with Crippen LogP contribution in [0.4, 0.5) is 13.2 Å². The molecule has 0 aromatic heterocycles. The second-order valence-electron chi connectivity index (χ2n) is 4.03. The Labute approximate surface area is 113 Å². The molecule has 0 saturated carbocycles. The molecule has 0 aliphatic rings. The van der Waals surface area contributed by atoms with Gasteiger partial charge < -0.3 is 0 Å². The van der Waals surface area contributed by atoms with Crippen molar-refractivity contribution in [3.8, 4) is 23.3 Å². The minimum Gasteiger partial charge on any atom is -0.192 e. The van der Waals surface area contributed by atoms with E-state index in [0.717, 1.165) is 6.07 Å². The van der Waals surface area contributed by atoms with Crippen molar-refractivity contribution in [1.29, 1.82) is 10.5 Å². The van der Waals surface area contributed by atoms with Crippen LogP contribution in [-0.2, 0) is 6.18 Å². The second-order valence-corrected chi connectivity index (χ2v) is 4.03. The zero-order chi connectivity index (χ0) is 14.8. The highest BCUT2D eigenvalue weighted by Gasteiger charge is 2.35. The molecule has 0 atom stereocenters. The van der Waals surface area contributed by atoms with Crippen LogP contribution < -0.4 is 0 Å². The quantitative estimate of drug-likeness (QED) is 0.784. The normalized spacial score (nSPS) is 10.7. The van der Waals surface area contributed by atoms with Crippen molar-refractivity contribution in [2.24, 2.45) is 0 Å². The molecule has 0 fully saturated rings. The van der Waals surface area contributed by atoms with Crippen LogP contribution in [0.5, 0.6) is 0 Å². The van der Waals surface area contributed by atoms with Crippen molar-refractivity contribution in [2.75, 3.05) is 0 Å². The maximum absolute atomic E-state index is 13.0. The van der Waals surface area contributed by atoms with Crippen molar-refractivity contribution in [2.45, 2.75) is 6.18 Å². The molecular weight excluding hydrogens is 265 g/mol. The summed E-state index contributed by atoms with van der Waals surface area (Å²) in [6.45, 7) is 0. The fraction of sp³-hybridized carbons (Fsp3) is 0.0667. The van der Waals surface area contributed by atoms with Crippen LogP contribution in [0.3, 0.4) is 0 Å². The van der Waals surface area contributed by atoms with Gasteiger partial charge in [0, 0.05) is 0 Å². The largest absolute Gasteiger partial charge is 0.417 e. The van der Waals surface area contributed by atoms with Gasteiger partial charge in [-0.1, -0.05) is 30.3 Å². The van der Waals surface area contributed by atoms with Crippen LogP contribution >= 0.6 is 0 Å². The smallest absolute Gasteiger partial charge is 0.192 e. The van der Waals surface area contributed by atoms with E-state index in [1.807, 2.05) is 0 Å². The first-order chi connectivity index (χ1) is 9.47. The van der Waals surface area contributed by atoms with Crippen LogP contribution in [-0.4, -0.2) is 0 Å². The average Bonchev–Trinajstić information content (AvgIpc) is 2.45. The van der Waals surface area contributed by atoms with Gasteiger partial charge in [0.15, 0.2) is 0 Å². The van der Waals surface area contributed by atoms with Gasteiger partial charge in [0.1, 0.15) is 12.1 Å². The minimum absolute atomic E-state index is 0.258. The number of nitriles is 2. The number of hydrogen-bond acceptors (Lipinski definition) is 2. The molecule has 2 nitrogen and oxygen atoms in total. The van der Waals surface area contributed by atoms with E-state index in [1.54, 1.807) is 36.4 Å². The van der Waals surface area contributed by atoms with Gasteiger partial charge in [-0.15, -0.1) is 0 Å². The SMILES string of the molecule is N#Cc1cc(-c2ccccc2)cc(C(F)(F)F)c1C#N. The molecule has 0 amide bonds. The van der Waals surface area contributed by atoms with E-state index in [-0.39, 0.29) is 11.1 Å². The fourth-order valence-corrected chi connectivity index (χ4v) is 1.87. The molecule has 2 aromatic carbocycles. The summed E-state index contributed by atoms with van der Waals surface area (Å²) in [5.41, 5.74) is -1.19. The number of benzene rings is 2. The number of alkyl halides is 3. The van der Waals surface area contributed by atoms with E-state index >= 15 is 0 Å². The van der Waals surface area contributed by atoms with E-state index in [4.69, 9.17) is 10.5 Å². The first-order valence-electron chi connectivity index (χ1n) is 5.58. The lowest BCUT2D eigenvalue weighted by Crippen LogP contribution is -2.09. The van der Waals surface area contributed by atoms with E-state index in [2.05, 4.69) is 0 Å². The van der Waals surface area contributed by atoms with E-state index in [1.165, 1.54) is 12.1 Å². The zero-order valence-electron chi connectivity index (χ0n) is 10.1. The molecule has 0 aliphatic heterocycles. The van der Waals surface area contributed by atoms with Crippen LogP contribution in [0.15, 0.2) is 42.5 Å². The summed E-state index contributed by atoms with van der Waals surface area (Å²) in [5.74, 6) is 0. The monoisotopic (exact) mass is 272 g/mol. The standard InChI is InChI=1S/C15H7F3N2/c16-15(17,18)14-7-11(10-4-2-1-3-5-10)6-12(8-19)13(14)9-20/h1-7H. The van der Waals surface area contributed by atoms with Crippen molar-refractivity contribution in [1.82, 2.24) is 0 Å². The van der Waals surface area contributed by atoms with Gasteiger partial charge in [-0.2, -0.15) is 23.7 Å². The highest BCUT2D eigenvalue weighted by molar-refractivity contribution is 5.69. The topological polar surface area (TPSA) is 47.6 Å². The fourth-order valence-electron chi connectivity index (χ4n) is 1.87. The van der Waals surface area contributed by atoms with E-state index in [0.29, 0.717) is 5.56 Å². The summed E-state index contributed by atoms with van der Waals surface area (Å²) in [4.78, 5) is 0. The molecule has 2 rings (SSSR count).